The molecule has 0 aliphatic heterocycles. The van der Waals surface area contributed by atoms with Crippen molar-refractivity contribution in [2.24, 2.45) is 0 Å². The van der Waals surface area contributed by atoms with Crippen LogP contribution in [0, 0.1) is 0 Å². The van der Waals surface area contributed by atoms with Crippen molar-refractivity contribution in [2.75, 3.05) is 19.0 Å². The second-order valence-electron chi connectivity index (χ2n) is 4.99. The monoisotopic (exact) mass is 404 g/mol. The van der Waals surface area contributed by atoms with Crippen molar-refractivity contribution in [3.63, 3.8) is 0 Å². The molecule has 0 bridgehead atoms. The van der Waals surface area contributed by atoms with Gasteiger partial charge >= 0.3 is 5.97 Å². The first kappa shape index (κ1) is 16.9. The molecule has 0 fully saturated rings. The molecule has 1 amide bonds. The first-order valence-corrected chi connectivity index (χ1v) is 7.98. The van der Waals surface area contributed by atoms with Crippen molar-refractivity contribution in [1.29, 1.82) is 0 Å². The predicted octanol–water partition coefficient (Wildman–Crippen LogP) is 2.05. The fraction of sp³-hybridized carbons (Fsp3) is 0.125. The summed E-state index contributed by atoms with van der Waals surface area (Å²) in [5.74, 6) is -0.840. The Morgan fingerprint density at radius 3 is 2.84 bits per heavy atom. The largest absolute Gasteiger partial charge is 0.465 e. The molecule has 0 atom stereocenters. The summed E-state index contributed by atoms with van der Waals surface area (Å²) in [6, 6.07) is 11.9. The van der Waals surface area contributed by atoms with E-state index in [0.29, 0.717) is 22.3 Å². The van der Waals surface area contributed by atoms with Gasteiger partial charge in [0.15, 0.2) is 6.61 Å². The maximum absolute atomic E-state index is 12.0. The van der Waals surface area contributed by atoms with Crippen molar-refractivity contribution in [2.45, 2.75) is 0 Å². The fourth-order valence-electron chi connectivity index (χ4n) is 2.12. The fourth-order valence-corrected chi connectivity index (χ4v) is 2.52. The van der Waals surface area contributed by atoms with Gasteiger partial charge in [0.2, 0.25) is 0 Å². The lowest BCUT2D eigenvalue weighted by atomic mass is 10.2. The average Bonchev–Trinajstić information content (AvgIpc) is 3.01. The number of methoxy groups -OCH3 is 1. The predicted molar refractivity (Wildman–Crippen MR) is 93.1 cm³/mol. The molecule has 3 aromatic rings. The molecule has 9 heteroatoms. The van der Waals surface area contributed by atoms with Crippen molar-refractivity contribution < 1.29 is 19.2 Å². The van der Waals surface area contributed by atoms with Crippen LogP contribution in [0.15, 0.2) is 46.9 Å². The molecule has 25 heavy (non-hydrogen) atoms. The Hall–Kier alpha value is -2.94. The van der Waals surface area contributed by atoms with E-state index < -0.39 is 5.97 Å². The van der Waals surface area contributed by atoms with Crippen molar-refractivity contribution in [3.8, 4) is 0 Å². The van der Waals surface area contributed by atoms with Crippen molar-refractivity contribution in [3.05, 3.63) is 52.5 Å². The first-order valence-electron chi connectivity index (χ1n) is 7.19. The minimum Gasteiger partial charge on any atom is -0.465 e. The molecular weight excluding hydrogens is 392 g/mol. The Bertz CT molecular complexity index is 941. The van der Waals surface area contributed by atoms with Crippen LogP contribution in [0.1, 0.15) is 10.4 Å². The SMILES string of the molecule is COC(=O)c1ccc2nnn(OCC(=O)Nc3cccc(Br)c3)c2c1. The molecule has 0 saturated heterocycles. The quantitative estimate of drug-likeness (QED) is 0.653. The topological polar surface area (TPSA) is 95.3 Å². The molecule has 0 unspecified atom stereocenters. The van der Waals surface area contributed by atoms with Gasteiger partial charge in [-0.1, -0.05) is 26.8 Å². The number of nitrogens with one attached hydrogen (secondary N) is 1. The second-order valence-corrected chi connectivity index (χ2v) is 5.91. The van der Waals surface area contributed by atoms with E-state index in [2.05, 4.69) is 36.3 Å². The van der Waals surface area contributed by atoms with E-state index in [1.165, 1.54) is 13.2 Å². The first-order chi connectivity index (χ1) is 12.1. The summed E-state index contributed by atoms with van der Waals surface area (Å²) in [5.41, 5.74) is 1.96. The van der Waals surface area contributed by atoms with E-state index in [1.807, 2.05) is 6.07 Å². The molecule has 2 aromatic carbocycles. The molecule has 1 heterocycles. The highest BCUT2D eigenvalue weighted by molar-refractivity contribution is 9.10. The third-order valence-corrected chi connectivity index (χ3v) is 3.76. The van der Waals surface area contributed by atoms with E-state index in [4.69, 9.17) is 4.84 Å². The van der Waals surface area contributed by atoms with Gasteiger partial charge in [0.05, 0.1) is 12.7 Å². The van der Waals surface area contributed by atoms with E-state index >= 15 is 0 Å². The summed E-state index contributed by atoms with van der Waals surface area (Å²) in [4.78, 5) is 30.1. The number of carbonyl (C=O) groups excluding carboxylic acids is 2. The average molecular weight is 405 g/mol. The van der Waals surface area contributed by atoms with E-state index in [-0.39, 0.29) is 12.5 Å². The van der Waals surface area contributed by atoms with Gasteiger partial charge < -0.3 is 14.9 Å². The van der Waals surface area contributed by atoms with Crippen LogP contribution in [0.25, 0.3) is 11.0 Å². The highest BCUT2D eigenvalue weighted by Crippen LogP contribution is 2.16. The molecule has 0 aliphatic carbocycles. The number of rotatable bonds is 5. The molecule has 0 saturated carbocycles. The Kier molecular flexibility index (Phi) is 4.94. The number of carbonyl (C=O) groups is 2. The van der Waals surface area contributed by atoms with Gasteiger partial charge in [-0.25, -0.2) is 4.79 Å². The molecule has 8 nitrogen and oxygen atoms in total. The van der Waals surface area contributed by atoms with Gasteiger partial charge in [-0.3, -0.25) is 4.79 Å². The van der Waals surface area contributed by atoms with Gasteiger partial charge in [-0.05, 0) is 41.6 Å². The van der Waals surface area contributed by atoms with Crippen molar-refractivity contribution in [1.82, 2.24) is 15.2 Å². The van der Waals surface area contributed by atoms with Crippen LogP contribution in [-0.4, -0.2) is 40.8 Å². The summed E-state index contributed by atoms with van der Waals surface area (Å²) in [6.07, 6.45) is 0. The minimum atomic E-state index is -0.484. The number of aromatic nitrogens is 3. The standard InChI is InChI=1S/C16H13BrN4O4/c1-24-16(23)10-5-6-13-14(7-10)21(20-19-13)25-9-15(22)18-12-4-2-3-11(17)8-12/h2-8H,9H2,1H3,(H,18,22). The lowest BCUT2D eigenvalue weighted by Crippen LogP contribution is -2.26. The second kappa shape index (κ2) is 7.31. The zero-order valence-electron chi connectivity index (χ0n) is 13.1. The summed E-state index contributed by atoms with van der Waals surface area (Å²) in [5, 5.41) is 10.4. The summed E-state index contributed by atoms with van der Waals surface area (Å²) in [6.45, 7) is -0.270. The number of fused-ring (bicyclic) bond motifs is 1. The van der Waals surface area contributed by atoms with Crippen molar-refractivity contribution >= 4 is 44.5 Å². The number of anilines is 1. The summed E-state index contributed by atoms with van der Waals surface area (Å²) >= 11 is 3.33. The Labute approximate surface area is 150 Å². The zero-order valence-corrected chi connectivity index (χ0v) is 14.7. The van der Waals surface area contributed by atoms with Gasteiger partial charge in [0.1, 0.15) is 11.0 Å². The third kappa shape index (κ3) is 3.94. The van der Waals surface area contributed by atoms with E-state index in [1.54, 1.807) is 30.3 Å². The normalized spacial score (nSPS) is 10.5. The molecule has 128 valence electrons. The third-order valence-electron chi connectivity index (χ3n) is 3.26. The lowest BCUT2D eigenvalue weighted by Gasteiger charge is -2.07. The van der Waals surface area contributed by atoms with Gasteiger partial charge in [-0.2, -0.15) is 0 Å². The molecule has 1 N–H and O–H groups in total. The van der Waals surface area contributed by atoms with Crippen LogP contribution >= 0.6 is 15.9 Å². The number of hydrogen-bond acceptors (Lipinski definition) is 6. The Balaban J connectivity index is 1.70. The molecule has 1 aromatic heterocycles. The zero-order chi connectivity index (χ0) is 17.8. The molecule has 0 aliphatic rings. The van der Waals surface area contributed by atoms with Crippen LogP contribution in [0.2, 0.25) is 0 Å². The smallest absolute Gasteiger partial charge is 0.337 e. The van der Waals surface area contributed by atoms with Crippen LogP contribution < -0.4 is 10.2 Å². The minimum absolute atomic E-state index is 0.270. The molecule has 0 spiro atoms. The maximum atomic E-state index is 12.0. The van der Waals surface area contributed by atoms with Crippen LogP contribution in [0.3, 0.4) is 0 Å². The van der Waals surface area contributed by atoms with Crippen LogP contribution in [0.4, 0.5) is 5.69 Å². The number of hydrogen-bond donors (Lipinski definition) is 1. The molecule has 3 rings (SSSR count). The van der Waals surface area contributed by atoms with Crippen LogP contribution in [-0.2, 0) is 9.53 Å². The number of esters is 1. The summed E-state index contributed by atoms with van der Waals surface area (Å²) in [7, 11) is 1.30. The summed E-state index contributed by atoms with van der Waals surface area (Å²) < 4.78 is 5.53. The highest BCUT2D eigenvalue weighted by atomic mass is 79.9. The Morgan fingerprint density at radius 1 is 1.24 bits per heavy atom. The van der Waals surface area contributed by atoms with E-state index in [9.17, 15) is 9.59 Å². The number of amides is 1. The number of benzene rings is 2. The van der Waals surface area contributed by atoms with E-state index in [0.717, 1.165) is 9.32 Å². The molecular formula is C16H13BrN4O4. The van der Waals surface area contributed by atoms with Gasteiger partial charge in [-0.15, -0.1) is 5.10 Å². The maximum Gasteiger partial charge on any atom is 0.337 e. The Morgan fingerprint density at radius 2 is 2.08 bits per heavy atom. The van der Waals surface area contributed by atoms with Crippen LogP contribution in [0.5, 0.6) is 0 Å². The van der Waals surface area contributed by atoms with Gasteiger partial charge in [0, 0.05) is 10.2 Å². The number of ether oxygens (including phenoxy) is 1. The number of halogens is 1. The number of nitrogens with zero attached hydrogens (tertiary/aromatic N) is 3. The van der Waals surface area contributed by atoms with Gasteiger partial charge in [0.25, 0.3) is 5.91 Å². The molecule has 0 radical (unpaired) electrons. The highest BCUT2D eigenvalue weighted by Gasteiger charge is 2.12. The lowest BCUT2D eigenvalue weighted by molar-refractivity contribution is -0.121.